The van der Waals surface area contributed by atoms with Crippen LogP contribution in [-0.2, 0) is 4.79 Å². The van der Waals surface area contributed by atoms with E-state index in [0.29, 0.717) is 22.3 Å². The largest absolute Gasteiger partial charge is 0.493 e. The van der Waals surface area contributed by atoms with Gasteiger partial charge in [-0.15, -0.1) is 11.3 Å². The normalized spacial score (nSPS) is 10.7. The minimum Gasteiger partial charge on any atom is -0.493 e. The average Bonchev–Trinajstić information content (AvgIpc) is 2.86. The molecule has 0 saturated heterocycles. The van der Waals surface area contributed by atoms with Crippen LogP contribution in [0.15, 0.2) is 22.6 Å². The van der Waals surface area contributed by atoms with Gasteiger partial charge in [-0.3, -0.25) is 10.2 Å². The Labute approximate surface area is 135 Å². The van der Waals surface area contributed by atoms with E-state index >= 15 is 0 Å². The average molecular weight is 341 g/mol. The number of nitrogens with two attached hydrogens (primary N) is 1. The van der Waals surface area contributed by atoms with Crippen LogP contribution in [0.1, 0.15) is 12.5 Å². The molecule has 0 spiro atoms. The van der Waals surface area contributed by atoms with Crippen molar-refractivity contribution in [1.82, 2.24) is 4.98 Å². The van der Waals surface area contributed by atoms with Crippen molar-refractivity contribution in [3.05, 3.63) is 28.1 Å². The Bertz CT molecular complexity index is 717. The molecule has 0 amide bonds. The molecule has 22 heavy (non-hydrogen) atoms. The van der Waals surface area contributed by atoms with E-state index in [1.807, 2.05) is 0 Å². The van der Waals surface area contributed by atoms with Gasteiger partial charge < -0.3 is 15.2 Å². The zero-order valence-electron chi connectivity index (χ0n) is 11.8. The highest BCUT2D eigenvalue weighted by Gasteiger charge is 2.13. The predicted octanol–water partition coefficient (Wildman–Crippen LogP) is 2.76. The maximum absolute atomic E-state index is 11.1. The first-order chi connectivity index (χ1) is 10.5. The molecule has 0 radical (unpaired) electrons. The van der Waals surface area contributed by atoms with Crippen LogP contribution in [0.2, 0.25) is 5.02 Å². The first kappa shape index (κ1) is 16.1. The molecular weight excluding hydrogens is 328 g/mol. The summed E-state index contributed by atoms with van der Waals surface area (Å²) in [6.45, 7) is 1.29. The molecule has 0 aliphatic heterocycles. The molecule has 0 fully saturated rings. The summed E-state index contributed by atoms with van der Waals surface area (Å²) in [5.74, 6) is 0.458. The van der Waals surface area contributed by atoms with Gasteiger partial charge in [0.15, 0.2) is 11.5 Å². The van der Waals surface area contributed by atoms with Gasteiger partial charge in [-0.2, -0.15) is 5.10 Å². The lowest BCUT2D eigenvalue weighted by Gasteiger charge is -2.10. The fourth-order valence-electron chi connectivity index (χ4n) is 1.56. The summed E-state index contributed by atoms with van der Waals surface area (Å²) in [6.07, 6.45) is 1.53. The number of nitrogens with zero attached hydrogens (tertiary/aromatic N) is 2. The molecule has 0 bridgehead atoms. The molecule has 0 aliphatic carbocycles. The van der Waals surface area contributed by atoms with Gasteiger partial charge in [-0.05, 0) is 17.7 Å². The highest BCUT2D eigenvalue weighted by Crippen LogP contribution is 2.36. The molecule has 1 aromatic heterocycles. The van der Waals surface area contributed by atoms with Crippen LogP contribution in [0.25, 0.3) is 0 Å². The van der Waals surface area contributed by atoms with E-state index in [1.165, 1.54) is 31.6 Å². The number of nitrogen functional groups attached to an aromatic ring is 1. The lowest BCUT2D eigenvalue weighted by molar-refractivity contribution is -0.132. The minimum atomic E-state index is -0.482. The van der Waals surface area contributed by atoms with Gasteiger partial charge in [0.2, 0.25) is 5.13 Å². The van der Waals surface area contributed by atoms with E-state index in [-0.39, 0.29) is 10.8 Å². The summed E-state index contributed by atoms with van der Waals surface area (Å²) < 4.78 is 10.2. The van der Waals surface area contributed by atoms with Crippen molar-refractivity contribution in [2.45, 2.75) is 6.92 Å². The number of esters is 1. The third-order valence-corrected chi connectivity index (χ3v) is 3.44. The zero-order chi connectivity index (χ0) is 16.1. The van der Waals surface area contributed by atoms with Gasteiger partial charge in [0.1, 0.15) is 5.82 Å². The summed E-state index contributed by atoms with van der Waals surface area (Å²) in [5, 5.41) is 6.55. The van der Waals surface area contributed by atoms with Crippen molar-refractivity contribution in [3.63, 3.8) is 0 Å². The Morgan fingerprint density at radius 1 is 1.55 bits per heavy atom. The number of aromatic nitrogens is 1. The fraction of sp³-hybridized carbons (Fsp3) is 0.154. The standard InChI is InChI=1S/C13H13ClN4O3S/c1-7(19)21-12-9(14)3-8(4-10(12)20-2)5-16-18-13-17-11(15)6-22-13/h3-6H,15H2,1-2H3,(H,17,18). The van der Waals surface area contributed by atoms with Crippen LogP contribution >= 0.6 is 22.9 Å². The molecule has 3 N–H and O–H groups in total. The summed E-state index contributed by atoms with van der Waals surface area (Å²) in [7, 11) is 1.45. The minimum absolute atomic E-state index is 0.175. The molecule has 0 atom stereocenters. The smallest absolute Gasteiger partial charge is 0.308 e. The van der Waals surface area contributed by atoms with Crippen LogP contribution in [0, 0.1) is 0 Å². The maximum Gasteiger partial charge on any atom is 0.308 e. The lowest BCUT2D eigenvalue weighted by atomic mass is 10.2. The number of rotatable bonds is 5. The van der Waals surface area contributed by atoms with E-state index in [4.69, 9.17) is 26.8 Å². The number of hydrogen-bond acceptors (Lipinski definition) is 8. The highest BCUT2D eigenvalue weighted by atomic mass is 35.5. The summed E-state index contributed by atoms with van der Waals surface area (Å²) in [5.41, 5.74) is 8.91. The number of nitrogens with one attached hydrogen (secondary N) is 1. The number of thiazole rings is 1. The number of halogens is 1. The number of carbonyl (C=O) groups is 1. The van der Waals surface area contributed by atoms with Crippen molar-refractivity contribution in [2.24, 2.45) is 5.10 Å². The summed E-state index contributed by atoms with van der Waals surface area (Å²) in [6, 6.07) is 3.25. The van der Waals surface area contributed by atoms with Gasteiger partial charge in [0, 0.05) is 12.3 Å². The zero-order valence-corrected chi connectivity index (χ0v) is 13.4. The van der Waals surface area contributed by atoms with Crippen molar-refractivity contribution in [3.8, 4) is 11.5 Å². The first-order valence-electron chi connectivity index (χ1n) is 6.05. The predicted molar refractivity (Wildman–Crippen MR) is 87.1 cm³/mol. The molecule has 1 aromatic carbocycles. The maximum atomic E-state index is 11.1. The molecule has 7 nitrogen and oxygen atoms in total. The van der Waals surface area contributed by atoms with Crippen molar-refractivity contribution in [1.29, 1.82) is 0 Å². The van der Waals surface area contributed by atoms with Crippen LogP contribution < -0.4 is 20.6 Å². The Kier molecular flexibility index (Phi) is 5.18. The van der Waals surface area contributed by atoms with Gasteiger partial charge >= 0.3 is 5.97 Å². The third-order valence-electron chi connectivity index (χ3n) is 2.39. The number of benzene rings is 1. The second-order valence-corrected chi connectivity index (χ2v) is 5.34. The molecule has 0 unspecified atom stereocenters. The van der Waals surface area contributed by atoms with Crippen LogP contribution in [0.4, 0.5) is 10.9 Å². The van der Waals surface area contributed by atoms with Gasteiger partial charge in [0.25, 0.3) is 0 Å². The summed E-state index contributed by atoms with van der Waals surface area (Å²) >= 11 is 7.43. The molecule has 116 valence electrons. The van der Waals surface area contributed by atoms with E-state index in [2.05, 4.69) is 15.5 Å². The molecule has 9 heteroatoms. The molecular formula is C13H13ClN4O3S. The highest BCUT2D eigenvalue weighted by molar-refractivity contribution is 7.14. The Morgan fingerprint density at radius 3 is 2.91 bits per heavy atom. The quantitative estimate of drug-likeness (QED) is 0.376. The topological polar surface area (TPSA) is 98.8 Å². The van der Waals surface area contributed by atoms with Crippen molar-refractivity contribution in [2.75, 3.05) is 18.3 Å². The van der Waals surface area contributed by atoms with Crippen LogP contribution in [0.5, 0.6) is 11.5 Å². The van der Waals surface area contributed by atoms with Crippen LogP contribution in [-0.4, -0.2) is 24.3 Å². The second kappa shape index (κ2) is 7.10. The number of ether oxygens (including phenoxy) is 2. The van der Waals surface area contributed by atoms with E-state index in [0.717, 1.165) is 0 Å². The second-order valence-electron chi connectivity index (χ2n) is 4.08. The van der Waals surface area contributed by atoms with Crippen LogP contribution in [0.3, 0.4) is 0 Å². The Hall–Kier alpha value is -2.32. The van der Waals surface area contributed by atoms with Gasteiger partial charge in [-0.1, -0.05) is 11.6 Å². The number of carbonyl (C=O) groups excluding carboxylic acids is 1. The van der Waals surface area contributed by atoms with Crippen molar-refractivity contribution < 1.29 is 14.3 Å². The van der Waals surface area contributed by atoms with Crippen molar-refractivity contribution >= 4 is 46.1 Å². The number of methoxy groups -OCH3 is 1. The van der Waals surface area contributed by atoms with E-state index < -0.39 is 5.97 Å². The monoisotopic (exact) mass is 340 g/mol. The lowest BCUT2D eigenvalue weighted by Crippen LogP contribution is -2.04. The van der Waals surface area contributed by atoms with E-state index in [9.17, 15) is 4.79 Å². The summed E-state index contributed by atoms with van der Waals surface area (Å²) in [4.78, 5) is 15.1. The fourth-order valence-corrected chi connectivity index (χ4v) is 2.36. The molecule has 0 aliphatic rings. The molecule has 0 saturated carbocycles. The van der Waals surface area contributed by atoms with Gasteiger partial charge in [-0.25, -0.2) is 4.98 Å². The SMILES string of the molecule is COc1cc(C=NNc2nc(N)cs2)cc(Cl)c1OC(C)=O. The molecule has 1 heterocycles. The Balaban J connectivity index is 2.17. The number of hydrogen-bond donors (Lipinski definition) is 2. The van der Waals surface area contributed by atoms with Gasteiger partial charge in [0.05, 0.1) is 18.3 Å². The number of hydrazone groups is 1. The third kappa shape index (κ3) is 4.09. The molecule has 2 rings (SSSR count). The Morgan fingerprint density at radius 2 is 2.32 bits per heavy atom. The molecule has 2 aromatic rings. The first-order valence-corrected chi connectivity index (χ1v) is 7.31. The van der Waals surface area contributed by atoms with E-state index in [1.54, 1.807) is 17.5 Å². The number of anilines is 2.